The van der Waals surface area contributed by atoms with Gasteiger partial charge in [-0.1, -0.05) is 19.3 Å². The maximum Gasteiger partial charge on any atom is 0.297 e. The number of aliphatic hydroxyl groups is 1. The zero-order valence-electron chi connectivity index (χ0n) is 10.3. The lowest BCUT2D eigenvalue weighted by Gasteiger charge is -2.24. The van der Waals surface area contributed by atoms with Crippen LogP contribution in [0.5, 0.6) is 6.01 Å². The van der Waals surface area contributed by atoms with E-state index in [-0.39, 0.29) is 18.9 Å². The van der Waals surface area contributed by atoms with Gasteiger partial charge in [0, 0.05) is 12.2 Å². The van der Waals surface area contributed by atoms with Crippen LogP contribution in [0.25, 0.3) is 0 Å². The van der Waals surface area contributed by atoms with E-state index in [2.05, 4.69) is 4.98 Å². The molecule has 0 saturated heterocycles. The van der Waals surface area contributed by atoms with Crippen molar-refractivity contribution in [2.75, 3.05) is 13.2 Å². The summed E-state index contributed by atoms with van der Waals surface area (Å²) in [4.78, 5) is 15.2. The van der Waals surface area contributed by atoms with Crippen molar-refractivity contribution < 1.29 is 14.6 Å². The highest BCUT2D eigenvalue weighted by Gasteiger charge is 2.21. The van der Waals surface area contributed by atoms with E-state index in [9.17, 15) is 4.79 Å². The van der Waals surface area contributed by atoms with Crippen molar-refractivity contribution in [2.45, 2.75) is 38.1 Å². The number of hydrogen-bond donors (Lipinski definition) is 2. The van der Waals surface area contributed by atoms with Gasteiger partial charge in [-0.25, -0.2) is 0 Å². The molecular weight excluding hydrogens is 234 g/mol. The molecule has 1 fully saturated rings. The number of rotatable bonds is 5. The first-order valence-electron chi connectivity index (χ1n) is 6.34. The second kappa shape index (κ2) is 5.86. The zero-order chi connectivity index (χ0) is 13.0. The fourth-order valence-electron chi connectivity index (χ4n) is 2.36. The fourth-order valence-corrected chi connectivity index (χ4v) is 2.36. The van der Waals surface area contributed by atoms with E-state index in [4.69, 9.17) is 15.6 Å². The van der Waals surface area contributed by atoms with Gasteiger partial charge < -0.3 is 15.6 Å². The highest BCUT2D eigenvalue weighted by Crippen LogP contribution is 2.31. The molecule has 3 N–H and O–H groups in total. The monoisotopic (exact) mass is 253 g/mol. The number of aliphatic hydroxyl groups excluding tert-OH is 1. The van der Waals surface area contributed by atoms with Crippen molar-refractivity contribution in [3.8, 4) is 6.01 Å². The van der Waals surface area contributed by atoms with Crippen molar-refractivity contribution in [3.05, 3.63) is 11.9 Å². The lowest BCUT2D eigenvalue weighted by Crippen LogP contribution is -2.15. The average Bonchev–Trinajstić information content (AvgIpc) is 2.81. The summed E-state index contributed by atoms with van der Waals surface area (Å²) in [6.07, 6.45) is 7.38. The first-order valence-corrected chi connectivity index (χ1v) is 6.34. The lowest BCUT2D eigenvalue weighted by atomic mass is 9.95. The number of carbonyl (C=O) groups excluding carboxylic acids is 1. The van der Waals surface area contributed by atoms with Gasteiger partial charge in [-0.2, -0.15) is 4.98 Å². The van der Waals surface area contributed by atoms with Crippen molar-refractivity contribution >= 4 is 5.91 Å². The summed E-state index contributed by atoms with van der Waals surface area (Å²) >= 11 is 0. The maximum atomic E-state index is 11.2. The number of aromatic nitrogens is 2. The number of hydrogen-bond acceptors (Lipinski definition) is 4. The molecule has 0 radical (unpaired) electrons. The van der Waals surface area contributed by atoms with Gasteiger partial charge in [-0.3, -0.25) is 9.36 Å². The molecule has 1 aromatic rings. The van der Waals surface area contributed by atoms with Gasteiger partial charge in [-0.05, 0) is 12.8 Å². The molecule has 0 unspecified atom stereocenters. The number of primary amides is 1. The van der Waals surface area contributed by atoms with Gasteiger partial charge in [0.05, 0.1) is 6.61 Å². The zero-order valence-corrected chi connectivity index (χ0v) is 10.3. The summed E-state index contributed by atoms with van der Waals surface area (Å²) < 4.78 is 7.25. The van der Waals surface area contributed by atoms with E-state index >= 15 is 0 Å². The van der Waals surface area contributed by atoms with Crippen LogP contribution in [0.15, 0.2) is 6.20 Å². The largest absolute Gasteiger partial charge is 0.462 e. The molecular formula is C12H19N3O3. The molecule has 1 saturated carbocycles. The third kappa shape index (κ3) is 2.81. The molecule has 2 rings (SSSR count). The quantitative estimate of drug-likeness (QED) is 0.814. The molecule has 1 heterocycles. The van der Waals surface area contributed by atoms with Crippen molar-refractivity contribution in [1.29, 1.82) is 0 Å². The highest BCUT2D eigenvalue weighted by molar-refractivity contribution is 5.90. The molecule has 1 amide bonds. The SMILES string of the molecule is NC(=O)c1cn(C2CCCCC2)c(OCCO)n1. The van der Waals surface area contributed by atoms with Crippen LogP contribution >= 0.6 is 0 Å². The normalized spacial score (nSPS) is 16.7. The van der Waals surface area contributed by atoms with Gasteiger partial charge in [-0.15, -0.1) is 0 Å². The standard InChI is InChI=1S/C12H19N3O3/c13-11(17)10-8-15(9-4-2-1-3-5-9)12(14-10)18-7-6-16/h8-9,16H,1-7H2,(H2,13,17). The van der Waals surface area contributed by atoms with Gasteiger partial charge in [0.1, 0.15) is 12.3 Å². The van der Waals surface area contributed by atoms with Gasteiger partial charge >= 0.3 is 0 Å². The first-order chi connectivity index (χ1) is 8.72. The predicted molar refractivity (Wildman–Crippen MR) is 65.4 cm³/mol. The van der Waals surface area contributed by atoms with Crippen LogP contribution in [-0.4, -0.2) is 33.8 Å². The van der Waals surface area contributed by atoms with Crippen molar-refractivity contribution in [1.82, 2.24) is 9.55 Å². The average molecular weight is 253 g/mol. The highest BCUT2D eigenvalue weighted by atomic mass is 16.5. The van der Waals surface area contributed by atoms with Crippen LogP contribution in [0.3, 0.4) is 0 Å². The topological polar surface area (TPSA) is 90.4 Å². The minimum Gasteiger partial charge on any atom is -0.462 e. The summed E-state index contributed by atoms with van der Waals surface area (Å²) in [5.41, 5.74) is 5.45. The Hall–Kier alpha value is -1.56. The minimum absolute atomic E-state index is 0.0799. The van der Waals surface area contributed by atoms with E-state index in [1.165, 1.54) is 19.3 Å². The summed E-state index contributed by atoms with van der Waals surface area (Å²) in [6, 6.07) is 0.692. The Morgan fingerprint density at radius 2 is 2.22 bits per heavy atom. The predicted octanol–water partition coefficient (Wildman–Crippen LogP) is 0.858. The van der Waals surface area contributed by atoms with Crippen molar-refractivity contribution in [2.24, 2.45) is 5.73 Å². The number of imidazole rings is 1. The maximum absolute atomic E-state index is 11.2. The molecule has 1 aliphatic carbocycles. The number of nitrogens with two attached hydrogens (primary N) is 1. The molecule has 18 heavy (non-hydrogen) atoms. The second-order valence-electron chi connectivity index (χ2n) is 4.54. The van der Waals surface area contributed by atoms with Gasteiger partial charge in [0.2, 0.25) is 0 Å². The minimum atomic E-state index is -0.557. The van der Waals surface area contributed by atoms with E-state index in [0.717, 1.165) is 12.8 Å². The third-order valence-corrected chi connectivity index (χ3v) is 3.24. The molecule has 0 atom stereocenters. The molecule has 0 aliphatic heterocycles. The van der Waals surface area contributed by atoms with Crippen LogP contribution in [0.4, 0.5) is 0 Å². The molecule has 100 valence electrons. The van der Waals surface area contributed by atoms with Crippen LogP contribution in [0.1, 0.15) is 48.6 Å². The summed E-state index contributed by atoms with van der Waals surface area (Å²) in [5, 5.41) is 8.79. The fraction of sp³-hybridized carbons (Fsp3) is 0.667. The second-order valence-corrected chi connectivity index (χ2v) is 4.54. The van der Waals surface area contributed by atoms with E-state index < -0.39 is 5.91 Å². The van der Waals surface area contributed by atoms with Crippen molar-refractivity contribution in [3.63, 3.8) is 0 Å². The first kappa shape index (κ1) is 12.9. The molecule has 6 heteroatoms. The smallest absolute Gasteiger partial charge is 0.297 e. The Morgan fingerprint density at radius 3 is 2.83 bits per heavy atom. The Morgan fingerprint density at radius 1 is 1.50 bits per heavy atom. The molecule has 1 aromatic heterocycles. The Balaban J connectivity index is 2.21. The number of ether oxygens (including phenoxy) is 1. The Bertz CT molecular complexity index is 411. The van der Waals surface area contributed by atoms with Crippen LogP contribution < -0.4 is 10.5 Å². The lowest BCUT2D eigenvalue weighted by molar-refractivity contribution is 0.0995. The van der Waals surface area contributed by atoms with E-state index in [1.807, 2.05) is 4.57 Å². The van der Waals surface area contributed by atoms with Crippen LogP contribution in [0, 0.1) is 0 Å². The van der Waals surface area contributed by atoms with Crippen LogP contribution in [-0.2, 0) is 0 Å². The number of amides is 1. The van der Waals surface area contributed by atoms with E-state index in [0.29, 0.717) is 12.1 Å². The summed E-state index contributed by atoms with van der Waals surface area (Å²) in [6.45, 7) is 0.0887. The number of carbonyl (C=O) groups is 1. The van der Waals surface area contributed by atoms with Crippen LogP contribution in [0.2, 0.25) is 0 Å². The number of nitrogens with zero attached hydrogens (tertiary/aromatic N) is 2. The molecule has 6 nitrogen and oxygen atoms in total. The third-order valence-electron chi connectivity index (χ3n) is 3.24. The Kier molecular flexibility index (Phi) is 4.19. The summed E-state index contributed by atoms with van der Waals surface area (Å²) in [5.74, 6) is -0.557. The Labute approximate surface area is 106 Å². The van der Waals surface area contributed by atoms with Gasteiger partial charge in [0.15, 0.2) is 0 Å². The molecule has 0 aromatic carbocycles. The molecule has 0 spiro atoms. The summed E-state index contributed by atoms with van der Waals surface area (Å²) in [7, 11) is 0. The molecule has 0 bridgehead atoms. The van der Waals surface area contributed by atoms with E-state index in [1.54, 1.807) is 6.20 Å². The molecule has 1 aliphatic rings. The van der Waals surface area contributed by atoms with Gasteiger partial charge in [0.25, 0.3) is 11.9 Å².